The van der Waals surface area contributed by atoms with Gasteiger partial charge in [-0.05, 0) is 19.1 Å². The first kappa shape index (κ1) is 8.90. The minimum absolute atomic E-state index is 0.0605. The van der Waals surface area contributed by atoms with Gasteiger partial charge in [0.2, 0.25) is 0 Å². The second kappa shape index (κ2) is 3.05. The first-order chi connectivity index (χ1) is 5.52. The third kappa shape index (κ3) is 1.52. The standard InChI is InChI=1S/C8H8F3N/c1-4-6(9)2-5(8(10)11)3-7(4)12/h2-3,8H,12H2,1H3. The summed E-state index contributed by atoms with van der Waals surface area (Å²) in [6.45, 7) is 1.44. The van der Waals surface area contributed by atoms with Crippen LogP contribution >= 0.6 is 0 Å². The van der Waals surface area contributed by atoms with Crippen molar-refractivity contribution in [2.75, 3.05) is 5.73 Å². The van der Waals surface area contributed by atoms with Gasteiger partial charge in [-0.15, -0.1) is 0 Å². The summed E-state index contributed by atoms with van der Waals surface area (Å²) >= 11 is 0. The Morgan fingerprint density at radius 2 is 1.92 bits per heavy atom. The molecule has 2 N–H and O–H groups in total. The Balaban J connectivity index is 3.21. The summed E-state index contributed by atoms with van der Waals surface area (Å²) in [5.41, 5.74) is 5.18. The molecule has 0 aliphatic rings. The zero-order valence-corrected chi connectivity index (χ0v) is 6.44. The fraction of sp³-hybridized carbons (Fsp3) is 0.250. The average molecular weight is 175 g/mol. The minimum atomic E-state index is -2.68. The van der Waals surface area contributed by atoms with Crippen LogP contribution in [0, 0.1) is 12.7 Å². The molecule has 0 atom stereocenters. The van der Waals surface area contributed by atoms with Crippen LogP contribution in [0.3, 0.4) is 0 Å². The van der Waals surface area contributed by atoms with Crippen molar-refractivity contribution in [3.05, 3.63) is 29.1 Å². The second-order valence-electron chi connectivity index (χ2n) is 2.52. The Bertz CT molecular complexity index is 273. The zero-order chi connectivity index (χ0) is 9.30. The van der Waals surface area contributed by atoms with Crippen LogP contribution in [0.2, 0.25) is 0 Å². The van der Waals surface area contributed by atoms with Gasteiger partial charge >= 0.3 is 0 Å². The molecule has 0 aromatic heterocycles. The van der Waals surface area contributed by atoms with Gasteiger partial charge in [0.25, 0.3) is 6.43 Å². The summed E-state index contributed by atoms with van der Waals surface area (Å²) in [5.74, 6) is -0.690. The molecule has 1 aromatic rings. The van der Waals surface area contributed by atoms with E-state index in [9.17, 15) is 13.2 Å². The molecule has 0 spiro atoms. The van der Waals surface area contributed by atoms with Gasteiger partial charge in [-0.3, -0.25) is 0 Å². The van der Waals surface area contributed by atoms with E-state index in [-0.39, 0.29) is 16.8 Å². The van der Waals surface area contributed by atoms with E-state index in [1.165, 1.54) is 6.92 Å². The third-order valence-corrected chi connectivity index (χ3v) is 1.66. The van der Waals surface area contributed by atoms with Crippen LogP contribution in [-0.2, 0) is 0 Å². The first-order valence-electron chi connectivity index (χ1n) is 3.36. The SMILES string of the molecule is Cc1c(N)cc(C(F)F)cc1F. The number of hydrogen-bond acceptors (Lipinski definition) is 1. The Morgan fingerprint density at radius 3 is 2.33 bits per heavy atom. The summed E-state index contributed by atoms with van der Waals surface area (Å²) in [6.07, 6.45) is -2.68. The largest absolute Gasteiger partial charge is 0.398 e. The maximum Gasteiger partial charge on any atom is 0.264 e. The molecule has 12 heavy (non-hydrogen) atoms. The molecule has 66 valence electrons. The molecule has 4 heteroatoms. The summed E-state index contributed by atoms with van der Waals surface area (Å²) in [6, 6.07) is 1.89. The molecule has 1 aromatic carbocycles. The van der Waals surface area contributed by atoms with E-state index in [4.69, 9.17) is 5.73 Å². The molecule has 0 radical (unpaired) electrons. The van der Waals surface area contributed by atoms with Crippen LogP contribution in [-0.4, -0.2) is 0 Å². The minimum Gasteiger partial charge on any atom is -0.398 e. The molecule has 0 saturated heterocycles. The van der Waals surface area contributed by atoms with E-state index < -0.39 is 12.2 Å². The van der Waals surface area contributed by atoms with Crippen LogP contribution in [0.15, 0.2) is 12.1 Å². The molecular weight excluding hydrogens is 167 g/mol. The molecular formula is C8H8F3N. The van der Waals surface area contributed by atoms with Crippen molar-refractivity contribution < 1.29 is 13.2 Å². The fourth-order valence-corrected chi connectivity index (χ4v) is 0.848. The number of hydrogen-bond donors (Lipinski definition) is 1. The van der Waals surface area contributed by atoms with Gasteiger partial charge in [-0.2, -0.15) is 0 Å². The van der Waals surface area contributed by atoms with Crippen LogP contribution in [0.5, 0.6) is 0 Å². The lowest BCUT2D eigenvalue weighted by Crippen LogP contribution is -1.96. The number of nitrogen functional groups attached to an aromatic ring is 1. The maximum atomic E-state index is 12.8. The van der Waals surface area contributed by atoms with E-state index in [1.54, 1.807) is 0 Å². The second-order valence-corrected chi connectivity index (χ2v) is 2.52. The van der Waals surface area contributed by atoms with Gasteiger partial charge < -0.3 is 5.73 Å². The van der Waals surface area contributed by atoms with Crippen LogP contribution < -0.4 is 5.73 Å². The summed E-state index contributed by atoms with van der Waals surface area (Å²) in [4.78, 5) is 0. The number of benzene rings is 1. The number of rotatable bonds is 1. The lowest BCUT2D eigenvalue weighted by molar-refractivity contribution is 0.151. The van der Waals surface area contributed by atoms with Crippen molar-refractivity contribution in [2.24, 2.45) is 0 Å². The number of anilines is 1. The highest BCUT2D eigenvalue weighted by atomic mass is 19.3. The van der Waals surface area contributed by atoms with Crippen LogP contribution in [0.25, 0.3) is 0 Å². The highest BCUT2D eigenvalue weighted by molar-refractivity contribution is 5.49. The molecule has 0 bridgehead atoms. The Kier molecular flexibility index (Phi) is 2.26. The van der Waals surface area contributed by atoms with Crippen molar-refractivity contribution in [3.8, 4) is 0 Å². The number of nitrogens with two attached hydrogens (primary N) is 1. The molecule has 0 unspecified atom stereocenters. The van der Waals surface area contributed by atoms with Crippen molar-refractivity contribution in [3.63, 3.8) is 0 Å². The highest BCUT2D eigenvalue weighted by Gasteiger charge is 2.11. The molecule has 1 rings (SSSR count). The number of alkyl halides is 2. The Labute approximate surface area is 68.0 Å². The fourth-order valence-electron chi connectivity index (χ4n) is 0.848. The highest BCUT2D eigenvalue weighted by Crippen LogP contribution is 2.24. The Morgan fingerprint density at radius 1 is 1.33 bits per heavy atom. The van der Waals surface area contributed by atoms with E-state index in [1.807, 2.05) is 0 Å². The number of halogens is 3. The van der Waals surface area contributed by atoms with Gasteiger partial charge in [0, 0.05) is 16.8 Å². The lowest BCUT2D eigenvalue weighted by Gasteiger charge is -2.05. The topological polar surface area (TPSA) is 26.0 Å². The average Bonchev–Trinajstić information content (AvgIpc) is 1.99. The lowest BCUT2D eigenvalue weighted by atomic mass is 10.1. The van der Waals surface area contributed by atoms with E-state index in [2.05, 4.69) is 0 Å². The van der Waals surface area contributed by atoms with Gasteiger partial charge in [-0.25, -0.2) is 13.2 Å². The summed E-state index contributed by atoms with van der Waals surface area (Å²) in [7, 11) is 0. The predicted molar refractivity (Wildman–Crippen MR) is 40.5 cm³/mol. The van der Waals surface area contributed by atoms with Crippen molar-refractivity contribution in [1.29, 1.82) is 0 Å². The van der Waals surface area contributed by atoms with E-state index in [0.29, 0.717) is 0 Å². The van der Waals surface area contributed by atoms with Crippen LogP contribution in [0.4, 0.5) is 18.9 Å². The molecule has 0 aliphatic carbocycles. The van der Waals surface area contributed by atoms with E-state index >= 15 is 0 Å². The first-order valence-corrected chi connectivity index (χ1v) is 3.36. The maximum absolute atomic E-state index is 12.8. The molecule has 0 fully saturated rings. The normalized spacial score (nSPS) is 10.8. The molecule has 0 heterocycles. The summed E-state index contributed by atoms with van der Waals surface area (Å²) in [5, 5.41) is 0. The van der Waals surface area contributed by atoms with Gasteiger partial charge in [0.05, 0.1) is 0 Å². The van der Waals surface area contributed by atoms with Crippen molar-refractivity contribution in [2.45, 2.75) is 13.3 Å². The van der Waals surface area contributed by atoms with Crippen LogP contribution in [0.1, 0.15) is 17.6 Å². The van der Waals surface area contributed by atoms with Gasteiger partial charge in [-0.1, -0.05) is 0 Å². The van der Waals surface area contributed by atoms with Crippen molar-refractivity contribution >= 4 is 5.69 Å². The van der Waals surface area contributed by atoms with Gasteiger partial charge in [0.15, 0.2) is 0 Å². The van der Waals surface area contributed by atoms with Gasteiger partial charge in [0.1, 0.15) is 5.82 Å². The zero-order valence-electron chi connectivity index (χ0n) is 6.44. The third-order valence-electron chi connectivity index (χ3n) is 1.66. The summed E-state index contributed by atoms with van der Waals surface area (Å²) < 4.78 is 36.9. The molecule has 0 amide bonds. The molecule has 1 nitrogen and oxygen atoms in total. The van der Waals surface area contributed by atoms with Crippen molar-refractivity contribution in [1.82, 2.24) is 0 Å². The quantitative estimate of drug-likeness (QED) is 0.652. The monoisotopic (exact) mass is 175 g/mol. The predicted octanol–water partition coefficient (Wildman–Crippen LogP) is 2.65. The smallest absolute Gasteiger partial charge is 0.264 e. The van der Waals surface area contributed by atoms with E-state index in [0.717, 1.165) is 12.1 Å². The molecule has 0 aliphatic heterocycles. The Hall–Kier alpha value is -1.19. The molecule has 0 saturated carbocycles.